The number of hydrogen-bond donors (Lipinski definition) is 0. The van der Waals surface area contributed by atoms with E-state index in [2.05, 4.69) is 21.7 Å². The Balaban J connectivity index is 2.36. The number of rotatable bonds is 1. The lowest BCUT2D eigenvalue weighted by atomic mass is 10.2. The largest absolute Gasteiger partial charge is 0.459 e. The Morgan fingerprint density at radius 3 is 2.74 bits per heavy atom. The van der Waals surface area contributed by atoms with E-state index in [0.29, 0.717) is 0 Å². The number of carbonyl (C=O) groups is 1. The van der Waals surface area contributed by atoms with Crippen LogP contribution in [0.1, 0.15) is 17.0 Å². The van der Waals surface area contributed by atoms with E-state index >= 15 is 0 Å². The Hall–Kier alpha value is -2.54. The zero-order valence-electron chi connectivity index (χ0n) is 11.1. The number of methoxy groups -OCH3 is 1. The molecule has 0 saturated heterocycles. The van der Waals surface area contributed by atoms with Crippen molar-refractivity contribution in [2.24, 2.45) is 0 Å². The standard InChI is InChI=1S/C15H14N2O2/c1-11-9-12(2)17(16-11)14-6-4-5-13(10-14)7-8-15(18)19-3/h4-6,9-10H,1-3H3. The normalized spacial score (nSPS) is 9.63. The number of aromatic nitrogens is 2. The minimum absolute atomic E-state index is 0.545. The van der Waals surface area contributed by atoms with Crippen molar-refractivity contribution in [1.29, 1.82) is 0 Å². The minimum atomic E-state index is -0.545. The van der Waals surface area contributed by atoms with Gasteiger partial charge in [0.05, 0.1) is 18.5 Å². The minimum Gasteiger partial charge on any atom is -0.459 e. The van der Waals surface area contributed by atoms with Gasteiger partial charge in [-0.05, 0) is 38.1 Å². The van der Waals surface area contributed by atoms with Crippen LogP contribution in [0, 0.1) is 25.7 Å². The predicted molar refractivity (Wildman–Crippen MR) is 71.9 cm³/mol. The highest BCUT2D eigenvalue weighted by Crippen LogP contribution is 2.13. The van der Waals surface area contributed by atoms with Crippen molar-refractivity contribution in [1.82, 2.24) is 9.78 Å². The summed E-state index contributed by atoms with van der Waals surface area (Å²) < 4.78 is 6.33. The smallest absolute Gasteiger partial charge is 0.384 e. The van der Waals surface area contributed by atoms with Gasteiger partial charge >= 0.3 is 5.97 Å². The molecule has 0 aliphatic carbocycles. The molecule has 19 heavy (non-hydrogen) atoms. The van der Waals surface area contributed by atoms with Gasteiger partial charge < -0.3 is 4.74 Å². The Bertz CT molecular complexity index is 675. The lowest BCUT2D eigenvalue weighted by molar-refractivity contribution is -0.133. The lowest BCUT2D eigenvalue weighted by Crippen LogP contribution is -1.99. The summed E-state index contributed by atoms with van der Waals surface area (Å²) in [6.07, 6.45) is 0. The molecule has 0 bridgehead atoms. The zero-order valence-corrected chi connectivity index (χ0v) is 11.1. The topological polar surface area (TPSA) is 44.1 Å². The second-order valence-corrected chi connectivity index (χ2v) is 4.13. The molecule has 0 aliphatic heterocycles. The van der Waals surface area contributed by atoms with E-state index in [9.17, 15) is 4.79 Å². The molecule has 0 spiro atoms. The summed E-state index contributed by atoms with van der Waals surface area (Å²) in [5, 5.41) is 4.41. The summed E-state index contributed by atoms with van der Waals surface area (Å²) in [4.78, 5) is 11.0. The van der Waals surface area contributed by atoms with Crippen LogP contribution < -0.4 is 0 Å². The molecule has 4 nitrogen and oxygen atoms in total. The summed E-state index contributed by atoms with van der Waals surface area (Å²) in [7, 11) is 1.31. The summed E-state index contributed by atoms with van der Waals surface area (Å²) >= 11 is 0. The summed E-state index contributed by atoms with van der Waals surface area (Å²) in [6, 6.07) is 9.56. The molecular formula is C15H14N2O2. The highest BCUT2D eigenvalue weighted by atomic mass is 16.5. The van der Waals surface area contributed by atoms with E-state index in [4.69, 9.17) is 0 Å². The molecule has 1 aromatic heterocycles. The number of nitrogens with zero attached hydrogens (tertiary/aromatic N) is 2. The van der Waals surface area contributed by atoms with Crippen LogP contribution in [0.2, 0.25) is 0 Å². The molecule has 0 aliphatic rings. The average molecular weight is 254 g/mol. The van der Waals surface area contributed by atoms with Crippen molar-refractivity contribution in [2.75, 3.05) is 7.11 Å². The lowest BCUT2D eigenvalue weighted by Gasteiger charge is -2.04. The zero-order chi connectivity index (χ0) is 13.8. The number of benzene rings is 1. The highest BCUT2D eigenvalue weighted by Gasteiger charge is 2.03. The molecule has 2 rings (SSSR count). The third kappa shape index (κ3) is 3.02. The van der Waals surface area contributed by atoms with Gasteiger partial charge in [0.1, 0.15) is 0 Å². The number of ether oxygens (including phenoxy) is 1. The SMILES string of the molecule is COC(=O)C#Cc1cccc(-n2nc(C)cc2C)c1. The van der Waals surface area contributed by atoms with Crippen LogP contribution in [0.25, 0.3) is 5.69 Å². The fourth-order valence-corrected chi connectivity index (χ4v) is 1.78. The van der Waals surface area contributed by atoms with Crippen molar-refractivity contribution < 1.29 is 9.53 Å². The van der Waals surface area contributed by atoms with Gasteiger partial charge in [-0.2, -0.15) is 5.10 Å². The third-order valence-corrected chi connectivity index (χ3v) is 2.59. The number of carbonyl (C=O) groups excluding carboxylic acids is 1. The molecular weight excluding hydrogens is 240 g/mol. The number of aryl methyl sites for hydroxylation is 2. The first-order chi connectivity index (χ1) is 9.10. The van der Waals surface area contributed by atoms with E-state index in [1.165, 1.54) is 7.11 Å². The van der Waals surface area contributed by atoms with E-state index in [1.807, 2.05) is 48.9 Å². The van der Waals surface area contributed by atoms with Crippen molar-refractivity contribution in [2.45, 2.75) is 13.8 Å². The van der Waals surface area contributed by atoms with Gasteiger partial charge in [-0.1, -0.05) is 12.0 Å². The monoisotopic (exact) mass is 254 g/mol. The summed E-state index contributed by atoms with van der Waals surface area (Å²) in [5.74, 6) is 4.63. The molecule has 0 saturated carbocycles. The molecule has 0 N–H and O–H groups in total. The van der Waals surface area contributed by atoms with Crippen LogP contribution in [0.15, 0.2) is 30.3 Å². The Morgan fingerprint density at radius 1 is 1.32 bits per heavy atom. The van der Waals surface area contributed by atoms with Crippen LogP contribution in [0.3, 0.4) is 0 Å². The molecule has 1 heterocycles. The quantitative estimate of drug-likeness (QED) is 0.577. The van der Waals surface area contributed by atoms with Gasteiger partial charge in [-0.15, -0.1) is 0 Å². The van der Waals surface area contributed by atoms with Gasteiger partial charge in [-0.25, -0.2) is 9.48 Å². The predicted octanol–water partition coefficient (Wildman–Crippen LogP) is 2.01. The molecule has 0 amide bonds. The van der Waals surface area contributed by atoms with Crippen molar-refractivity contribution in [3.8, 4) is 17.5 Å². The van der Waals surface area contributed by atoms with Crippen LogP contribution in [-0.2, 0) is 9.53 Å². The maximum Gasteiger partial charge on any atom is 0.384 e. The fourth-order valence-electron chi connectivity index (χ4n) is 1.78. The first-order valence-electron chi connectivity index (χ1n) is 5.84. The molecule has 96 valence electrons. The van der Waals surface area contributed by atoms with Crippen molar-refractivity contribution in [3.63, 3.8) is 0 Å². The van der Waals surface area contributed by atoms with E-state index < -0.39 is 5.97 Å². The molecule has 0 atom stereocenters. The van der Waals surface area contributed by atoms with Crippen molar-refractivity contribution >= 4 is 5.97 Å². The third-order valence-electron chi connectivity index (χ3n) is 2.59. The molecule has 1 aromatic carbocycles. The first kappa shape index (κ1) is 12.9. The van der Waals surface area contributed by atoms with Gasteiger partial charge in [0.15, 0.2) is 0 Å². The van der Waals surface area contributed by atoms with Gasteiger partial charge in [-0.3, -0.25) is 0 Å². The van der Waals surface area contributed by atoms with Crippen LogP contribution in [-0.4, -0.2) is 22.9 Å². The number of hydrogen-bond acceptors (Lipinski definition) is 3. The van der Waals surface area contributed by atoms with Gasteiger partial charge in [0.25, 0.3) is 0 Å². The molecule has 0 fully saturated rings. The van der Waals surface area contributed by atoms with Crippen molar-refractivity contribution in [3.05, 3.63) is 47.3 Å². The fraction of sp³-hybridized carbons (Fsp3) is 0.200. The maximum atomic E-state index is 11.0. The Morgan fingerprint density at radius 2 is 2.11 bits per heavy atom. The van der Waals surface area contributed by atoms with E-state index in [-0.39, 0.29) is 0 Å². The molecule has 0 unspecified atom stereocenters. The molecule has 2 aromatic rings. The second kappa shape index (κ2) is 5.40. The van der Waals surface area contributed by atoms with Crippen LogP contribution in [0.4, 0.5) is 0 Å². The Labute approximate surface area is 112 Å². The second-order valence-electron chi connectivity index (χ2n) is 4.13. The van der Waals surface area contributed by atoms with Crippen LogP contribution in [0.5, 0.6) is 0 Å². The summed E-state index contributed by atoms with van der Waals surface area (Å²) in [5.41, 5.74) is 3.68. The van der Waals surface area contributed by atoms with E-state index in [0.717, 1.165) is 22.6 Å². The highest BCUT2D eigenvalue weighted by molar-refractivity contribution is 5.89. The van der Waals surface area contributed by atoms with Crippen LogP contribution >= 0.6 is 0 Å². The molecule has 4 heteroatoms. The average Bonchev–Trinajstić information content (AvgIpc) is 2.75. The van der Waals surface area contributed by atoms with E-state index in [1.54, 1.807) is 0 Å². The molecule has 0 radical (unpaired) electrons. The first-order valence-corrected chi connectivity index (χ1v) is 5.84. The number of esters is 1. The van der Waals surface area contributed by atoms with Gasteiger partial charge in [0.2, 0.25) is 0 Å². The maximum absolute atomic E-state index is 11.0. The van der Waals surface area contributed by atoms with Gasteiger partial charge in [0, 0.05) is 17.2 Å². The Kier molecular flexibility index (Phi) is 3.67. The summed E-state index contributed by atoms with van der Waals surface area (Å²) in [6.45, 7) is 3.94.